The van der Waals surface area contributed by atoms with Crippen LogP contribution in [0.2, 0.25) is 0 Å². The fourth-order valence-electron chi connectivity index (χ4n) is 2.07. The van der Waals surface area contributed by atoms with Crippen molar-refractivity contribution in [3.05, 3.63) is 42.4 Å². The molecule has 0 aliphatic heterocycles. The Balaban J connectivity index is 2.10. The van der Waals surface area contributed by atoms with Crippen LogP contribution in [0.4, 0.5) is 16.2 Å². The molecule has 138 valence electrons. The summed E-state index contributed by atoms with van der Waals surface area (Å²) in [5, 5.41) is 7.64. The summed E-state index contributed by atoms with van der Waals surface area (Å²) in [6.45, 7) is 1.49. The summed E-state index contributed by atoms with van der Waals surface area (Å²) in [6, 6.07) is 6.38. The number of methoxy groups -OCH3 is 2. The molecule has 0 radical (unpaired) electrons. The van der Waals surface area contributed by atoms with E-state index in [0.29, 0.717) is 17.1 Å². The Morgan fingerprint density at radius 2 is 1.88 bits per heavy atom. The first-order valence-electron chi connectivity index (χ1n) is 7.63. The van der Waals surface area contributed by atoms with Crippen LogP contribution in [0.15, 0.2) is 41.0 Å². The number of hydrogen-bond donors (Lipinski definition) is 3. The third-order valence-corrected chi connectivity index (χ3v) is 3.35. The van der Waals surface area contributed by atoms with Crippen molar-refractivity contribution < 1.29 is 28.3 Å². The summed E-state index contributed by atoms with van der Waals surface area (Å²) in [5.41, 5.74) is 0.725. The van der Waals surface area contributed by atoms with Gasteiger partial charge in [0.05, 0.1) is 26.2 Å². The molecular weight excluding hydrogens is 342 g/mol. The Morgan fingerprint density at radius 3 is 2.50 bits per heavy atom. The van der Waals surface area contributed by atoms with E-state index in [2.05, 4.69) is 20.7 Å². The van der Waals surface area contributed by atoms with Gasteiger partial charge in [-0.15, -0.1) is 0 Å². The molecule has 0 aliphatic carbocycles. The molecule has 3 amide bonds. The maximum absolute atomic E-state index is 12.0. The lowest BCUT2D eigenvalue weighted by molar-refractivity contribution is -0.142. The van der Waals surface area contributed by atoms with Crippen molar-refractivity contribution in [3.8, 4) is 5.75 Å². The lowest BCUT2D eigenvalue weighted by atomic mass is 10.2. The van der Waals surface area contributed by atoms with Crippen LogP contribution in [0, 0.1) is 0 Å². The Labute approximate surface area is 149 Å². The number of hydrogen-bond acceptors (Lipinski definition) is 6. The third kappa shape index (κ3) is 4.76. The quantitative estimate of drug-likeness (QED) is 0.679. The van der Waals surface area contributed by atoms with Crippen LogP contribution in [-0.4, -0.2) is 38.2 Å². The lowest BCUT2D eigenvalue weighted by Gasteiger charge is -2.15. The fraction of sp³-hybridized carbons (Fsp3) is 0.235. The number of carbonyl (C=O) groups is 3. The Morgan fingerprint density at radius 1 is 1.12 bits per heavy atom. The van der Waals surface area contributed by atoms with Gasteiger partial charge in [0.25, 0.3) is 5.91 Å². The van der Waals surface area contributed by atoms with E-state index in [1.165, 1.54) is 39.5 Å². The molecule has 1 aromatic carbocycles. The van der Waals surface area contributed by atoms with Crippen molar-refractivity contribution in [2.24, 2.45) is 0 Å². The van der Waals surface area contributed by atoms with Crippen molar-refractivity contribution in [2.75, 3.05) is 24.9 Å². The minimum absolute atomic E-state index is 0.153. The van der Waals surface area contributed by atoms with E-state index in [1.54, 1.807) is 18.2 Å². The van der Waals surface area contributed by atoms with Crippen molar-refractivity contribution in [1.29, 1.82) is 0 Å². The molecule has 3 N–H and O–H groups in total. The zero-order chi connectivity index (χ0) is 19.1. The number of esters is 1. The van der Waals surface area contributed by atoms with Crippen LogP contribution in [0.1, 0.15) is 17.5 Å². The van der Waals surface area contributed by atoms with Gasteiger partial charge in [-0.2, -0.15) is 0 Å². The average Bonchev–Trinajstić information content (AvgIpc) is 3.16. The van der Waals surface area contributed by atoms with Crippen LogP contribution in [-0.2, 0) is 9.53 Å². The zero-order valence-electron chi connectivity index (χ0n) is 14.5. The first-order valence-corrected chi connectivity index (χ1v) is 7.63. The summed E-state index contributed by atoms with van der Waals surface area (Å²) in [5.74, 6) is -0.483. The summed E-state index contributed by atoms with van der Waals surface area (Å²) >= 11 is 0. The number of anilines is 2. The van der Waals surface area contributed by atoms with Crippen molar-refractivity contribution in [1.82, 2.24) is 5.32 Å². The highest BCUT2D eigenvalue weighted by molar-refractivity contribution is 6.03. The molecule has 9 heteroatoms. The van der Waals surface area contributed by atoms with Crippen molar-refractivity contribution >= 4 is 29.3 Å². The second-order valence-corrected chi connectivity index (χ2v) is 5.19. The number of furan rings is 1. The second-order valence-electron chi connectivity index (χ2n) is 5.19. The molecule has 1 unspecified atom stereocenters. The smallest absolute Gasteiger partial charge is 0.328 e. The highest BCUT2D eigenvalue weighted by Gasteiger charge is 2.17. The topological polar surface area (TPSA) is 119 Å². The molecule has 1 heterocycles. The van der Waals surface area contributed by atoms with E-state index in [-0.39, 0.29) is 5.76 Å². The number of nitrogens with one attached hydrogen (secondary N) is 3. The van der Waals surface area contributed by atoms with Crippen LogP contribution < -0.4 is 20.7 Å². The van der Waals surface area contributed by atoms with E-state index in [0.717, 1.165) is 0 Å². The summed E-state index contributed by atoms with van der Waals surface area (Å²) in [6.07, 6.45) is 1.39. The second kappa shape index (κ2) is 8.56. The fourth-order valence-corrected chi connectivity index (χ4v) is 2.07. The van der Waals surface area contributed by atoms with Crippen LogP contribution in [0.3, 0.4) is 0 Å². The number of urea groups is 1. The largest absolute Gasteiger partial charge is 0.495 e. The molecule has 0 saturated heterocycles. The third-order valence-electron chi connectivity index (χ3n) is 3.35. The Hall–Kier alpha value is -3.49. The molecule has 1 aromatic heterocycles. The average molecular weight is 361 g/mol. The van der Waals surface area contributed by atoms with Gasteiger partial charge < -0.3 is 29.8 Å². The van der Waals surface area contributed by atoms with Gasteiger partial charge >= 0.3 is 12.0 Å². The van der Waals surface area contributed by atoms with E-state index in [4.69, 9.17) is 9.15 Å². The molecule has 2 aromatic rings. The highest BCUT2D eigenvalue weighted by Crippen LogP contribution is 2.28. The minimum atomic E-state index is -0.826. The lowest BCUT2D eigenvalue weighted by Crippen LogP contribution is -2.41. The van der Waals surface area contributed by atoms with E-state index < -0.39 is 23.9 Å². The van der Waals surface area contributed by atoms with Crippen molar-refractivity contribution in [2.45, 2.75) is 13.0 Å². The van der Waals surface area contributed by atoms with E-state index in [1.807, 2.05) is 0 Å². The molecule has 0 bridgehead atoms. The molecule has 0 aliphatic rings. The Bertz CT molecular complexity index is 788. The minimum Gasteiger partial charge on any atom is -0.495 e. The zero-order valence-corrected chi connectivity index (χ0v) is 14.5. The molecule has 9 nitrogen and oxygen atoms in total. The van der Waals surface area contributed by atoms with Crippen LogP contribution in [0.5, 0.6) is 5.75 Å². The molecule has 1 atom stereocenters. The molecule has 2 rings (SSSR count). The van der Waals surface area contributed by atoms with Crippen molar-refractivity contribution in [3.63, 3.8) is 0 Å². The predicted molar refractivity (Wildman–Crippen MR) is 93.3 cm³/mol. The molecule has 26 heavy (non-hydrogen) atoms. The number of amides is 3. The molecule has 0 fully saturated rings. The summed E-state index contributed by atoms with van der Waals surface area (Å²) < 4.78 is 14.8. The Kier molecular flexibility index (Phi) is 6.20. The number of rotatable bonds is 6. The first kappa shape index (κ1) is 18.8. The predicted octanol–water partition coefficient (Wildman–Crippen LogP) is 2.22. The van der Waals surface area contributed by atoms with Gasteiger partial charge in [-0.3, -0.25) is 4.79 Å². The summed E-state index contributed by atoms with van der Waals surface area (Å²) in [7, 11) is 2.67. The number of ether oxygens (including phenoxy) is 2. The van der Waals surface area contributed by atoms with Crippen LogP contribution in [0.25, 0.3) is 0 Å². The number of benzene rings is 1. The monoisotopic (exact) mass is 361 g/mol. The molecular formula is C17H19N3O6. The van der Waals surface area contributed by atoms with Crippen LogP contribution >= 0.6 is 0 Å². The first-order chi connectivity index (χ1) is 12.4. The van der Waals surface area contributed by atoms with Gasteiger partial charge in [-0.25, -0.2) is 9.59 Å². The van der Waals surface area contributed by atoms with E-state index in [9.17, 15) is 14.4 Å². The van der Waals surface area contributed by atoms with Gasteiger partial charge in [0.15, 0.2) is 5.76 Å². The maximum atomic E-state index is 12.0. The maximum Gasteiger partial charge on any atom is 0.328 e. The van der Waals surface area contributed by atoms with E-state index >= 15 is 0 Å². The molecule has 0 spiro atoms. The van der Waals surface area contributed by atoms with Gasteiger partial charge in [0.2, 0.25) is 0 Å². The summed E-state index contributed by atoms with van der Waals surface area (Å²) in [4.78, 5) is 35.4. The van der Waals surface area contributed by atoms with Gasteiger partial charge in [0, 0.05) is 5.69 Å². The van der Waals surface area contributed by atoms with Gasteiger partial charge in [-0.1, -0.05) is 0 Å². The molecule has 0 saturated carbocycles. The van der Waals surface area contributed by atoms with Gasteiger partial charge in [-0.05, 0) is 37.3 Å². The SMILES string of the molecule is COC(=O)C(C)NC(=O)Nc1cc(NC(=O)c2ccco2)ccc1OC. The highest BCUT2D eigenvalue weighted by atomic mass is 16.5. The normalized spacial score (nSPS) is 11.2. The number of carbonyl (C=O) groups excluding carboxylic acids is 3. The van der Waals surface area contributed by atoms with Gasteiger partial charge in [0.1, 0.15) is 11.8 Å². The standard InChI is InChI=1S/C17H19N3O6/c1-10(16(22)25-3)18-17(23)20-12-9-11(6-7-13(12)24-2)19-15(21)14-5-4-8-26-14/h4-10H,1-3H3,(H,19,21)(H2,18,20,23).